The fourth-order valence-corrected chi connectivity index (χ4v) is 5.73. The van der Waals surface area contributed by atoms with Crippen LogP contribution in [-0.4, -0.2) is 29.8 Å². The van der Waals surface area contributed by atoms with Gasteiger partial charge in [-0.2, -0.15) is 0 Å². The Hall–Kier alpha value is -1.81. The highest BCUT2D eigenvalue weighted by atomic mass is 16.5. The molecule has 1 aliphatic heterocycles. The van der Waals surface area contributed by atoms with E-state index in [4.69, 9.17) is 9.84 Å². The van der Waals surface area contributed by atoms with E-state index in [1.54, 1.807) is 0 Å². The van der Waals surface area contributed by atoms with Crippen molar-refractivity contribution < 1.29 is 14.6 Å². The van der Waals surface area contributed by atoms with Crippen LogP contribution in [0.5, 0.6) is 5.75 Å². The molecule has 4 heteroatoms. The van der Waals surface area contributed by atoms with Gasteiger partial charge in [0.05, 0.1) is 6.10 Å². The number of aliphatic carboxylic acids is 1. The zero-order valence-electron chi connectivity index (χ0n) is 18.2. The average Bonchev–Trinajstić information content (AvgIpc) is 3.22. The van der Waals surface area contributed by atoms with Gasteiger partial charge in [0.15, 0.2) is 0 Å². The summed E-state index contributed by atoms with van der Waals surface area (Å²) in [6, 6.07) is 9.04. The van der Waals surface area contributed by atoms with E-state index < -0.39 is 5.97 Å². The lowest BCUT2D eigenvalue weighted by atomic mass is 9.72. The maximum atomic E-state index is 10.7. The Morgan fingerprint density at radius 2 is 1.80 bits per heavy atom. The Morgan fingerprint density at radius 1 is 1.07 bits per heavy atom. The predicted molar refractivity (Wildman–Crippen MR) is 121 cm³/mol. The largest absolute Gasteiger partial charge is 0.490 e. The molecular weight excluding hydrogens is 374 g/mol. The summed E-state index contributed by atoms with van der Waals surface area (Å²) in [4.78, 5) is 10.7. The fraction of sp³-hybridized carbons (Fsp3) is 0.654. The summed E-state index contributed by atoms with van der Waals surface area (Å²) in [7, 11) is 0. The van der Waals surface area contributed by atoms with E-state index in [1.165, 1.54) is 62.5 Å². The minimum absolute atomic E-state index is 0.271. The number of carbonyl (C=O) groups is 1. The van der Waals surface area contributed by atoms with Crippen LogP contribution >= 0.6 is 0 Å². The molecule has 1 atom stereocenters. The van der Waals surface area contributed by atoms with Crippen LogP contribution in [0, 0.1) is 5.41 Å². The molecule has 4 nitrogen and oxygen atoms in total. The quantitative estimate of drug-likeness (QED) is 0.518. The molecular formula is C26H37NO3. The Bertz CT molecular complexity index is 723. The van der Waals surface area contributed by atoms with E-state index >= 15 is 0 Å². The molecule has 0 radical (unpaired) electrons. The summed E-state index contributed by atoms with van der Waals surface area (Å²) in [5.74, 6) is 0.308. The van der Waals surface area contributed by atoms with Crippen LogP contribution in [0.15, 0.2) is 30.3 Å². The molecule has 2 saturated carbocycles. The Morgan fingerprint density at radius 3 is 2.50 bits per heavy atom. The van der Waals surface area contributed by atoms with Crippen molar-refractivity contribution in [2.24, 2.45) is 5.41 Å². The van der Waals surface area contributed by atoms with Crippen LogP contribution in [0.2, 0.25) is 0 Å². The van der Waals surface area contributed by atoms with Gasteiger partial charge in [-0.3, -0.25) is 4.79 Å². The number of nitrogens with one attached hydrogen (secondary N) is 1. The highest BCUT2D eigenvalue weighted by Crippen LogP contribution is 2.49. The molecule has 1 aromatic carbocycles. The highest BCUT2D eigenvalue weighted by Gasteiger charge is 2.38. The van der Waals surface area contributed by atoms with Crippen molar-refractivity contribution in [2.75, 3.05) is 6.54 Å². The Balaban J connectivity index is 1.27. The van der Waals surface area contributed by atoms with Crippen molar-refractivity contribution in [3.05, 3.63) is 35.9 Å². The van der Waals surface area contributed by atoms with Crippen LogP contribution in [-0.2, 0) is 4.79 Å². The zero-order chi connectivity index (χ0) is 20.8. The average molecular weight is 412 g/mol. The molecule has 0 amide bonds. The van der Waals surface area contributed by atoms with Crippen LogP contribution in [0.25, 0.3) is 5.57 Å². The second-order valence-corrected chi connectivity index (χ2v) is 9.69. The summed E-state index contributed by atoms with van der Waals surface area (Å²) in [5.41, 5.74) is 3.34. The smallest absolute Gasteiger partial charge is 0.303 e. The van der Waals surface area contributed by atoms with E-state index in [2.05, 4.69) is 35.7 Å². The van der Waals surface area contributed by atoms with E-state index in [0.29, 0.717) is 17.6 Å². The highest BCUT2D eigenvalue weighted by molar-refractivity contribution is 5.67. The van der Waals surface area contributed by atoms with Gasteiger partial charge >= 0.3 is 5.97 Å². The van der Waals surface area contributed by atoms with Crippen LogP contribution in [0.3, 0.4) is 0 Å². The second kappa shape index (κ2) is 10.00. The summed E-state index contributed by atoms with van der Waals surface area (Å²) in [5, 5.41) is 12.3. The molecule has 4 rings (SSSR count). The molecule has 1 aromatic rings. The third-order valence-corrected chi connectivity index (χ3v) is 7.54. The molecule has 1 unspecified atom stereocenters. The first kappa shape index (κ1) is 21.4. The van der Waals surface area contributed by atoms with Crippen molar-refractivity contribution in [1.82, 2.24) is 5.32 Å². The predicted octanol–water partition coefficient (Wildman–Crippen LogP) is 5.96. The van der Waals surface area contributed by atoms with Crippen LogP contribution in [0.4, 0.5) is 0 Å². The van der Waals surface area contributed by atoms with E-state index in [1.807, 2.05) is 0 Å². The number of carboxylic acids is 1. The molecule has 0 saturated heterocycles. The SMILES string of the molecule is O=C(O)CCCCC1C=C(c2ccc(OC3CCC4(CCCC4)CC3)cc2)CCN1. The Kier molecular flexibility index (Phi) is 7.14. The van der Waals surface area contributed by atoms with Crippen LogP contribution < -0.4 is 10.1 Å². The molecule has 2 fully saturated rings. The lowest BCUT2D eigenvalue weighted by molar-refractivity contribution is -0.137. The van der Waals surface area contributed by atoms with Gasteiger partial charge in [0, 0.05) is 12.5 Å². The number of ether oxygens (including phenoxy) is 1. The van der Waals surface area contributed by atoms with Gasteiger partial charge in [0.25, 0.3) is 0 Å². The number of hydrogen-bond donors (Lipinski definition) is 2. The number of carboxylic acid groups (broad SMARTS) is 1. The zero-order valence-corrected chi connectivity index (χ0v) is 18.2. The van der Waals surface area contributed by atoms with E-state index in [0.717, 1.165) is 38.0 Å². The minimum Gasteiger partial charge on any atom is -0.490 e. The van der Waals surface area contributed by atoms with Crippen molar-refractivity contribution in [1.29, 1.82) is 0 Å². The first-order valence-electron chi connectivity index (χ1n) is 12.0. The van der Waals surface area contributed by atoms with Gasteiger partial charge in [-0.25, -0.2) is 0 Å². The molecule has 0 aromatic heterocycles. The molecule has 0 bridgehead atoms. The number of hydrogen-bond acceptors (Lipinski definition) is 3. The first-order chi connectivity index (χ1) is 14.6. The monoisotopic (exact) mass is 411 g/mol. The van der Waals surface area contributed by atoms with Crippen LogP contribution in [0.1, 0.15) is 89.0 Å². The molecule has 30 heavy (non-hydrogen) atoms. The fourth-order valence-electron chi connectivity index (χ4n) is 5.73. The first-order valence-corrected chi connectivity index (χ1v) is 12.0. The normalized spacial score (nSPS) is 24.0. The van der Waals surface area contributed by atoms with Gasteiger partial charge in [0.1, 0.15) is 5.75 Å². The third-order valence-electron chi connectivity index (χ3n) is 7.54. The summed E-state index contributed by atoms with van der Waals surface area (Å²) < 4.78 is 6.33. The number of unbranched alkanes of at least 4 members (excludes halogenated alkanes) is 1. The summed E-state index contributed by atoms with van der Waals surface area (Å²) in [6.45, 7) is 0.984. The molecule has 164 valence electrons. The lowest BCUT2D eigenvalue weighted by Gasteiger charge is -2.37. The molecule has 1 heterocycles. The molecule has 2 N–H and O–H groups in total. The van der Waals surface area contributed by atoms with E-state index in [-0.39, 0.29) is 6.42 Å². The van der Waals surface area contributed by atoms with Gasteiger partial charge in [-0.15, -0.1) is 0 Å². The maximum absolute atomic E-state index is 10.7. The standard InChI is InChI=1S/C26H37NO3/c28-25(29)6-2-1-5-22-19-21(13-18-27-22)20-7-9-23(10-8-20)30-24-11-16-26(17-12-24)14-3-4-15-26/h7-10,19,22,24,27H,1-6,11-18H2,(H,28,29). The summed E-state index contributed by atoms with van der Waals surface area (Å²) in [6.07, 6.45) is 17.6. The van der Waals surface area contributed by atoms with Gasteiger partial charge in [-0.05, 0) is 93.0 Å². The van der Waals surface area contributed by atoms with Gasteiger partial charge < -0.3 is 15.2 Å². The lowest BCUT2D eigenvalue weighted by Crippen LogP contribution is -2.32. The number of benzene rings is 1. The van der Waals surface area contributed by atoms with E-state index in [9.17, 15) is 4.79 Å². The second-order valence-electron chi connectivity index (χ2n) is 9.69. The van der Waals surface area contributed by atoms with Crippen molar-refractivity contribution >= 4 is 11.5 Å². The molecule has 1 spiro atoms. The third kappa shape index (κ3) is 5.66. The topological polar surface area (TPSA) is 58.6 Å². The van der Waals surface area contributed by atoms with Gasteiger partial charge in [0.2, 0.25) is 0 Å². The number of rotatable bonds is 8. The molecule has 3 aliphatic rings. The molecule has 2 aliphatic carbocycles. The van der Waals surface area contributed by atoms with Gasteiger partial charge in [-0.1, -0.05) is 37.5 Å². The van der Waals surface area contributed by atoms with Crippen molar-refractivity contribution in [3.63, 3.8) is 0 Å². The Labute approximate surface area is 181 Å². The maximum Gasteiger partial charge on any atom is 0.303 e. The summed E-state index contributed by atoms with van der Waals surface area (Å²) >= 11 is 0. The van der Waals surface area contributed by atoms with Crippen molar-refractivity contribution in [3.8, 4) is 5.75 Å². The van der Waals surface area contributed by atoms with Crippen molar-refractivity contribution in [2.45, 2.75) is 95.6 Å². The minimum atomic E-state index is -0.698.